The lowest BCUT2D eigenvalue weighted by atomic mass is 10.3. The fourth-order valence-corrected chi connectivity index (χ4v) is 1.08. The summed E-state index contributed by atoms with van der Waals surface area (Å²) in [7, 11) is 0. The fourth-order valence-electron chi connectivity index (χ4n) is 1.08. The van der Waals surface area contributed by atoms with E-state index >= 15 is 0 Å². The summed E-state index contributed by atoms with van der Waals surface area (Å²) in [6.07, 6.45) is 0.377. The van der Waals surface area contributed by atoms with E-state index in [1.807, 2.05) is 13.8 Å². The minimum atomic E-state index is -0.650. The highest BCUT2D eigenvalue weighted by atomic mass is 16.7. The van der Waals surface area contributed by atoms with Gasteiger partial charge in [-0.05, 0) is 20.3 Å². The summed E-state index contributed by atoms with van der Waals surface area (Å²) in [5.41, 5.74) is 0. The third-order valence-electron chi connectivity index (χ3n) is 1.87. The molecule has 0 aliphatic carbocycles. The van der Waals surface area contributed by atoms with Gasteiger partial charge in [0.25, 0.3) is 0 Å². The van der Waals surface area contributed by atoms with Gasteiger partial charge in [-0.1, -0.05) is 6.92 Å². The molecular formula is C11H22O5. The van der Waals surface area contributed by atoms with E-state index in [0.29, 0.717) is 26.4 Å². The predicted octanol–water partition coefficient (Wildman–Crippen LogP) is 1.99. The number of hydrogen-bond donors (Lipinski definition) is 0. The zero-order valence-corrected chi connectivity index (χ0v) is 10.4. The lowest BCUT2D eigenvalue weighted by Crippen LogP contribution is -2.21. The van der Waals surface area contributed by atoms with E-state index in [0.717, 1.165) is 6.42 Å². The molecule has 1 atom stereocenters. The monoisotopic (exact) mass is 234 g/mol. The molecule has 0 bridgehead atoms. The van der Waals surface area contributed by atoms with Gasteiger partial charge in [-0.15, -0.1) is 0 Å². The Balaban J connectivity index is 3.34. The van der Waals surface area contributed by atoms with Crippen LogP contribution >= 0.6 is 0 Å². The van der Waals surface area contributed by atoms with Gasteiger partial charge in [-0.3, -0.25) is 0 Å². The first-order valence-electron chi connectivity index (χ1n) is 5.73. The molecule has 0 radical (unpaired) electrons. The van der Waals surface area contributed by atoms with E-state index in [2.05, 4.69) is 4.74 Å². The zero-order valence-electron chi connectivity index (χ0n) is 10.4. The fraction of sp³-hybridized carbons (Fsp3) is 0.909. The molecule has 0 N–H and O–H groups in total. The Morgan fingerprint density at radius 3 is 2.38 bits per heavy atom. The van der Waals surface area contributed by atoms with Gasteiger partial charge in [0.15, 0.2) is 0 Å². The van der Waals surface area contributed by atoms with E-state index in [1.165, 1.54) is 0 Å². The highest BCUT2D eigenvalue weighted by Crippen LogP contribution is 1.98. The van der Waals surface area contributed by atoms with Crippen molar-refractivity contribution >= 4 is 6.16 Å². The molecule has 0 saturated carbocycles. The van der Waals surface area contributed by atoms with Crippen molar-refractivity contribution in [3.05, 3.63) is 0 Å². The molecule has 0 aromatic rings. The summed E-state index contributed by atoms with van der Waals surface area (Å²) >= 11 is 0. The van der Waals surface area contributed by atoms with Gasteiger partial charge in [0.1, 0.15) is 6.61 Å². The van der Waals surface area contributed by atoms with E-state index < -0.39 is 6.16 Å². The average Bonchev–Trinajstić information content (AvgIpc) is 2.27. The molecule has 1 unspecified atom stereocenters. The van der Waals surface area contributed by atoms with Crippen LogP contribution in [0.1, 0.15) is 27.2 Å². The van der Waals surface area contributed by atoms with Gasteiger partial charge in [-0.25, -0.2) is 4.79 Å². The Morgan fingerprint density at radius 2 is 1.81 bits per heavy atom. The highest BCUT2D eigenvalue weighted by Gasteiger charge is 2.06. The van der Waals surface area contributed by atoms with Crippen molar-refractivity contribution in [1.29, 1.82) is 0 Å². The highest BCUT2D eigenvalue weighted by molar-refractivity contribution is 5.59. The van der Waals surface area contributed by atoms with Gasteiger partial charge in [0.2, 0.25) is 0 Å². The maximum atomic E-state index is 10.8. The smallest absolute Gasteiger partial charge is 0.435 e. The van der Waals surface area contributed by atoms with E-state index in [9.17, 15) is 4.79 Å². The topological polar surface area (TPSA) is 54.0 Å². The lowest BCUT2D eigenvalue weighted by Gasteiger charge is -2.14. The first-order valence-corrected chi connectivity index (χ1v) is 5.73. The first-order chi connectivity index (χ1) is 7.74. The van der Waals surface area contributed by atoms with Crippen molar-refractivity contribution in [2.75, 3.05) is 33.0 Å². The molecule has 16 heavy (non-hydrogen) atoms. The van der Waals surface area contributed by atoms with Crippen LogP contribution in [0, 0.1) is 0 Å². The van der Waals surface area contributed by atoms with Gasteiger partial charge >= 0.3 is 6.16 Å². The SMILES string of the molecule is CCOC(=O)OCCOCC(CC)OCC. The molecule has 5 nitrogen and oxygen atoms in total. The molecule has 0 saturated heterocycles. The summed E-state index contributed by atoms with van der Waals surface area (Å²) in [5.74, 6) is 0. The number of carbonyl (C=O) groups excluding carboxylic acids is 1. The molecule has 0 aliphatic rings. The Labute approximate surface area is 97.0 Å². The van der Waals surface area contributed by atoms with Crippen molar-refractivity contribution < 1.29 is 23.7 Å². The van der Waals surface area contributed by atoms with E-state index in [1.54, 1.807) is 6.92 Å². The molecule has 0 heterocycles. The van der Waals surface area contributed by atoms with Crippen LogP contribution in [0.15, 0.2) is 0 Å². The second-order valence-electron chi connectivity index (χ2n) is 3.09. The molecule has 0 aromatic heterocycles. The van der Waals surface area contributed by atoms with Gasteiger partial charge < -0.3 is 18.9 Å². The van der Waals surface area contributed by atoms with Crippen LogP contribution in [-0.4, -0.2) is 45.3 Å². The largest absolute Gasteiger partial charge is 0.508 e. The molecular weight excluding hydrogens is 212 g/mol. The van der Waals surface area contributed by atoms with Crippen LogP contribution in [0.5, 0.6) is 0 Å². The Kier molecular flexibility index (Phi) is 10.2. The number of carbonyl (C=O) groups is 1. The number of ether oxygens (including phenoxy) is 4. The Hall–Kier alpha value is -0.810. The zero-order chi connectivity index (χ0) is 12.2. The molecule has 0 fully saturated rings. The second kappa shape index (κ2) is 10.7. The standard InChI is InChI=1S/C11H22O5/c1-4-10(14-5-2)9-13-7-8-16-11(12)15-6-3/h10H,4-9H2,1-3H3. The molecule has 5 heteroatoms. The summed E-state index contributed by atoms with van der Waals surface area (Å²) in [6, 6.07) is 0. The first kappa shape index (κ1) is 15.2. The van der Waals surface area contributed by atoms with Crippen molar-refractivity contribution in [2.24, 2.45) is 0 Å². The van der Waals surface area contributed by atoms with Crippen molar-refractivity contribution in [3.63, 3.8) is 0 Å². The van der Waals surface area contributed by atoms with Crippen LogP contribution in [0.4, 0.5) is 4.79 Å². The molecule has 0 spiro atoms. The third kappa shape index (κ3) is 8.49. The van der Waals surface area contributed by atoms with E-state index in [4.69, 9.17) is 14.2 Å². The summed E-state index contributed by atoms with van der Waals surface area (Å²) in [5, 5.41) is 0. The van der Waals surface area contributed by atoms with Crippen molar-refractivity contribution in [3.8, 4) is 0 Å². The average molecular weight is 234 g/mol. The van der Waals surface area contributed by atoms with Gasteiger partial charge in [0, 0.05) is 6.61 Å². The molecule has 0 amide bonds. The maximum Gasteiger partial charge on any atom is 0.508 e. The van der Waals surface area contributed by atoms with Crippen LogP contribution in [0.25, 0.3) is 0 Å². The Morgan fingerprint density at radius 1 is 1.06 bits per heavy atom. The van der Waals surface area contributed by atoms with Gasteiger partial charge in [0.05, 0.1) is 25.9 Å². The Bertz CT molecular complexity index is 172. The molecule has 0 aromatic carbocycles. The number of rotatable bonds is 9. The maximum absolute atomic E-state index is 10.8. The lowest BCUT2D eigenvalue weighted by molar-refractivity contribution is -0.0274. The normalized spacial score (nSPS) is 12.2. The van der Waals surface area contributed by atoms with E-state index in [-0.39, 0.29) is 12.7 Å². The van der Waals surface area contributed by atoms with Crippen molar-refractivity contribution in [1.82, 2.24) is 0 Å². The molecule has 96 valence electrons. The summed E-state index contributed by atoms with van der Waals surface area (Å²) < 4.78 is 20.0. The van der Waals surface area contributed by atoms with Crippen LogP contribution in [0.3, 0.4) is 0 Å². The molecule has 0 aliphatic heterocycles. The minimum Gasteiger partial charge on any atom is -0.435 e. The van der Waals surface area contributed by atoms with Crippen molar-refractivity contribution in [2.45, 2.75) is 33.3 Å². The number of hydrogen-bond acceptors (Lipinski definition) is 5. The van der Waals surface area contributed by atoms with Crippen LogP contribution in [0.2, 0.25) is 0 Å². The van der Waals surface area contributed by atoms with Crippen LogP contribution < -0.4 is 0 Å². The molecule has 0 rings (SSSR count). The predicted molar refractivity (Wildman–Crippen MR) is 59.5 cm³/mol. The minimum absolute atomic E-state index is 0.118. The van der Waals surface area contributed by atoms with Crippen LogP contribution in [-0.2, 0) is 18.9 Å². The van der Waals surface area contributed by atoms with Gasteiger partial charge in [-0.2, -0.15) is 0 Å². The third-order valence-corrected chi connectivity index (χ3v) is 1.87. The summed E-state index contributed by atoms with van der Waals surface area (Å²) in [6.45, 7) is 7.82. The quantitative estimate of drug-likeness (QED) is 0.451. The summed E-state index contributed by atoms with van der Waals surface area (Å²) in [4.78, 5) is 10.8. The second-order valence-corrected chi connectivity index (χ2v) is 3.09.